The number of rotatable bonds is 7. The van der Waals surface area contributed by atoms with Crippen molar-refractivity contribution in [2.24, 2.45) is 5.92 Å². The predicted molar refractivity (Wildman–Crippen MR) is 133 cm³/mol. The Morgan fingerprint density at radius 2 is 1.79 bits per heavy atom. The van der Waals surface area contributed by atoms with E-state index in [1.54, 1.807) is 11.3 Å². The second-order valence-electron chi connectivity index (χ2n) is 8.37. The molecule has 4 rings (SSSR count). The zero-order valence-corrected chi connectivity index (χ0v) is 20.6. The summed E-state index contributed by atoms with van der Waals surface area (Å²) in [6.45, 7) is 2.69. The average molecular weight is 494 g/mol. The van der Waals surface area contributed by atoms with Gasteiger partial charge in [-0.05, 0) is 66.1 Å². The van der Waals surface area contributed by atoms with Crippen LogP contribution in [0.2, 0.25) is 0 Å². The van der Waals surface area contributed by atoms with E-state index in [1.807, 2.05) is 23.6 Å². The second kappa shape index (κ2) is 10.5. The number of amides is 1. The summed E-state index contributed by atoms with van der Waals surface area (Å²) in [7, 11) is -3.65. The Kier molecular flexibility index (Phi) is 7.47. The Labute approximate surface area is 204 Å². The monoisotopic (exact) mass is 493 g/mol. The summed E-state index contributed by atoms with van der Waals surface area (Å²) in [4.78, 5) is 14.4. The fraction of sp³-hybridized carbons (Fsp3) is 0.308. The number of aryl methyl sites for hydroxylation is 1. The summed E-state index contributed by atoms with van der Waals surface area (Å²) in [5, 5.41) is 14.1. The Morgan fingerprint density at radius 1 is 1.12 bits per heavy atom. The third-order valence-corrected chi connectivity index (χ3v) is 9.13. The molecule has 1 N–H and O–H groups in total. The first-order chi connectivity index (χ1) is 16.4. The van der Waals surface area contributed by atoms with Gasteiger partial charge in [0.15, 0.2) is 0 Å². The van der Waals surface area contributed by atoms with Crippen LogP contribution >= 0.6 is 11.3 Å². The fourth-order valence-electron chi connectivity index (χ4n) is 4.19. The number of piperidine rings is 1. The third kappa shape index (κ3) is 5.22. The molecule has 1 amide bonds. The highest BCUT2D eigenvalue weighted by atomic mass is 32.2. The van der Waals surface area contributed by atoms with Gasteiger partial charge >= 0.3 is 0 Å². The molecule has 0 radical (unpaired) electrons. The number of sulfonamides is 1. The number of benzene rings is 2. The molecule has 176 valence electrons. The molecule has 1 unspecified atom stereocenters. The molecule has 1 aromatic heterocycles. The van der Waals surface area contributed by atoms with Gasteiger partial charge in [0, 0.05) is 23.9 Å². The average Bonchev–Trinajstić information content (AvgIpc) is 3.42. The Bertz CT molecular complexity index is 1250. The minimum Gasteiger partial charge on any atom is -0.344 e. The topological polar surface area (TPSA) is 90.3 Å². The van der Waals surface area contributed by atoms with Crippen LogP contribution in [0.15, 0.2) is 70.9 Å². The van der Waals surface area contributed by atoms with E-state index in [-0.39, 0.29) is 35.9 Å². The van der Waals surface area contributed by atoms with E-state index in [0.717, 1.165) is 16.9 Å². The lowest BCUT2D eigenvalue weighted by Crippen LogP contribution is -2.43. The Hall–Kier alpha value is -2.99. The number of carbonyl (C=O) groups is 1. The maximum Gasteiger partial charge on any atom is 0.243 e. The summed E-state index contributed by atoms with van der Waals surface area (Å²) in [5.74, 6) is -0.293. The molecule has 1 aliphatic rings. The Morgan fingerprint density at radius 3 is 2.35 bits per heavy atom. The van der Waals surface area contributed by atoms with E-state index in [4.69, 9.17) is 5.26 Å². The van der Waals surface area contributed by atoms with Gasteiger partial charge in [0.2, 0.25) is 15.9 Å². The van der Waals surface area contributed by atoms with Gasteiger partial charge < -0.3 is 5.32 Å². The van der Waals surface area contributed by atoms with Crippen LogP contribution in [0.3, 0.4) is 0 Å². The maximum atomic E-state index is 13.2. The molecule has 1 aliphatic heterocycles. The first-order valence-electron chi connectivity index (χ1n) is 11.3. The molecule has 6 nitrogen and oxygen atoms in total. The number of carbonyl (C=O) groups excluding carboxylic acids is 1. The van der Waals surface area contributed by atoms with E-state index in [0.29, 0.717) is 18.4 Å². The number of nitrogens with zero attached hydrogens (tertiary/aromatic N) is 2. The van der Waals surface area contributed by atoms with Gasteiger partial charge in [0.1, 0.15) is 0 Å². The third-order valence-electron chi connectivity index (χ3n) is 6.28. The summed E-state index contributed by atoms with van der Waals surface area (Å²) in [5.41, 5.74) is 2.70. The maximum absolute atomic E-state index is 13.2. The van der Waals surface area contributed by atoms with E-state index in [1.165, 1.54) is 34.1 Å². The quantitative estimate of drug-likeness (QED) is 0.525. The Balaban J connectivity index is 1.43. The standard InChI is InChI=1S/C26H27N3O3S2/c1-2-19-5-9-21(10-6-19)25(24-4-3-17-33-24)28-26(30)22-13-15-29(16-14-22)34(31,32)23-11-7-20(18-27)8-12-23/h3-12,17,22,25H,2,13-16H2,1H3,(H,28,30). The number of thiophene rings is 1. The van der Waals surface area contributed by atoms with Gasteiger partial charge in [-0.1, -0.05) is 37.3 Å². The molecule has 0 aliphatic carbocycles. The first-order valence-corrected chi connectivity index (χ1v) is 13.7. The zero-order chi connectivity index (χ0) is 24.1. The highest BCUT2D eigenvalue weighted by molar-refractivity contribution is 7.89. The highest BCUT2D eigenvalue weighted by Crippen LogP contribution is 2.29. The summed E-state index contributed by atoms with van der Waals surface area (Å²) >= 11 is 1.61. The normalized spacial score (nSPS) is 16.0. The summed E-state index contributed by atoms with van der Waals surface area (Å²) < 4.78 is 27.4. The fourth-order valence-corrected chi connectivity index (χ4v) is 6.46. The minimum atomic E-state index is -3.65. The molecule has 1 fully saturated rings. The molecule has 3 aromatic rings. The smallest absolute Gasteiger partial charge is 0.243 e. The van der Waals surface area contributed by atoms with Crippen LogP contribution in [0, 0.1) is 17.2 Å². The SMILES string of the molecule is CCc1ccc(C(NC(=O)C2CCN(S(=O)(=O)c3ccc(C#N)cc3)CC2)c2cccs2)cc1. The van der Waals surface area contributed by atoms with Crippen molar-refractivity contribution in [3.63, 3.8) is 0 Å². The molecule has 2 aromatic carbocycles. The molecule has 1 atom stereocenters. The van der Waals surface area contributed by atoms with Crippen molar-refractivity contribution in [3.8, 4) is 6.07 Å². The molecule has 1 saturated heterocycles. The van der Waals surface area contributed by atoms with Crippen molar-refractivity contribution in [2.75, 3.05) is 13.1 Å². The summed E-state index contributed by atoms with van der Waals surface area (Å²) in [6, 6.07) is 20.0. The molecular weight excluding hydrogens is 466 g/mol. The molecule has 0 spiro atoms. The lowest BCUT2D eigenvalue weighted by atomic mass is 9.95. The van der Waals surface area contributed by atoms with Gasteiger partial charge in [-0.2, -0.15) is 9.57 Å². The second-order valence-corrected chi connectivity index (χ2v) is 11.3. The zero-order valence-electron chi connectivity index (χ0n) is 19.0. The largest absolute Gasteiger partial charge is 0.344 e. The van der Waals surface area contributed by atoms with Crippen molar-refractivity contribution in [3.05, 3.63) is 87.6 Å². The van der Waals surface area contributed by atoms with Gasteiger partial charge in [-0.25, -0.2) is 8.42 Å². The molecule has 0 saturated carbocycles. The minimum absolute atomic E-state index is 0.0478. The van der Waals surface area contributed by atoms with Crippen molar-refractivity contribution in [1.82, 2.24) is 9.62 Å². The first kappa shape index (κ1) is 24.1. The molecule has 8 heteroatoms. The van der Waals surface area contributed by atoms with Crippen molar-refractivity contribution in [2.45, 2.75) is 37.1 Å². The molecule has 34 heavy (non-hydrogen) atoms. The van der Waals surface area contributed by atoms with Crippen molar-refractivity contribution < 1.29 is 13.2 Å². The predicted octanol–water partition coefficient (Wildman–Crippen LogP) is 4.49. The number of nitriles is 1. The van der Waals surface area contributed by atoms with Crippen LogP contribution in [-0.2, 0) is 21.2 Å². The van der Waals surface area contributed by atoms with E-state index < -0.39 is 10.0 Å². The highest BCUT2D eigenvalue weighted by Gasteiger charge is 2.33. The van der Waals surface area contributed by atoms with Crippen LogP contribution in [0.5, 0.6) is 0 Å². The van der Waals surface area contributed by atoms with E-state index in [9.17, 15) is 13.2 Å². The van der Waals surface area contributed by atoms with E-state index >= 15 is 0 Å². The summed E-state index contributed by atoms with van der Waals surface area (Å²) in [6.07, 6.45) is 1.89. The molecule has 2 heterocycles. The van der Waals surface area contributed by atoms with Gasteiger partial charge in [-0.3, -0.25) is 4.79 Å². The van der Waals surface area contributed by atoms with Gasteiger partial charge in [0.05, 0.1) is 22.6 Å². The van der Waals surface area contributed by atoms with Crippen molar-refractivity contribution in [1.29, 1.82) is 5.26 Å². The van der Waals surface area contributed by atoms with Crippen LogP contribution in [-0.4, -0.2) is 31.7 Å². The van der Waals surface area contributed by atoms with E-state index in [2.05, 4.69) is 36.5 Å². The number of nitrogens with one attached hydrogen (secondary N) is 1. The van der Waals surface area contributed by atoms with Crippen molar-refractivity contribution >= 4 is 27.3 Å². The van der Waals surface area contributed by atoms with Crippen LogP contribution in [0.4, 0.5) is 0 Å². The van der Waals surface area contributed by atoms with Crippen LogP contribution in [0.1, 0.15) is 47.4 Å². The number of hydrogen-bond acceptors (Lipinski definition) is 5. The number of hydrogen-bond donors (Lipinski definition) is 1. The lowest BCUT2D eigenvalue weighted by Gasteiger charge is -2.31. The molecule has 0 bridgehead atoms. The van der Waals surface area contributed by atoms with Gasteiger partial charge in [-0.15, -0.1) is 11.3 Å². The lowest BCUT2D eigenvalue weighted by molar-refractivity contribution is -0.126. The van der Waals surface area contributed by atoms with Gasteiger partial charge in [0.25, 0.3) is 0 Å². The van der Waals surface area contributed by atoms with Crippen LogP contribution < -0.4 is 5.32 Å². The molecular formula is C26H27N3O3S2. The van der Waals surface area contributed by atoms with Crippen LogP contribution in [0.25, 0.3) is 0 Å².